The van der Waals surface area contributed by atoms with E-state index in [-0.39, 0.29) is 23.5 Å². The molecule has 6 nitrogen and oxygen atoms in total. The monoisotopic (exact) mass is 418 g/mol. The van der Waals surface area contributed by atoms with Crippen molar-refractivity contribution in [1.29, 1.82) is 0 Å². The van der Waals surface area contributed by atoms with Crippen molar-refractivity contribution in [3.63, 3.8) is 0 Å². The number of hydrogen-bond donors (Lipinski definition) is 1. The lowest BCUT2D eigenvalue weighted by Gasteiger charge is -2.25. The molecule has 0 heterocycles. The van der Waals surface area contributed by atoms with E-state index >= 15 is 0 Å². The lowest BCUT2D eigenvalue weighted by molar-refractivity contribution is -0.119. The Morgan fingerprint density at radius 2 is 1.76 bits per heavy atom. The number of nitrogens with one attached hydrogen (secondary N) is 1. The highest BCUT2D eigenvalue weighted by Gasteiger charge is 2.27. The van der Waals surface area contributed by atoms with Gasteiger partial charge in [-0.25, -0.2) is 8.42 Å². The summed E-state index contributed by atoms with van der Waals surface area (Å²) < 4.78 is 33.1. The van der Waals surface area contributed by atoms with Gasteiger partial charge in [-0.2, -0.15) is 0 Å². The van der Waals surface area contributed by atoms with E-state index in [2.05, 4.69) is 5.32 Å². The second-order valence-electron chi connectivity index (χ2n) is 7.22. The van der Waals surface area contributed by atoms with Crippen molar-refractivity contribution < 1.29 is 17.9 Å². The van der Waals surface area contributed by atoms with Crippen LogP contribution in [0.4, 0.5) is 5.69 Å². The van der Waals surface area contributed by atoms with Gasteiger partial charge >= 0.3 is 0 Å². The number of hydrogen-bond acceptors (Lipinski definition) is 4. The quantitative estimate of drug-likeness (QED) is 0.600. The van der Waals surface area contributed by atoms with Gasteiger partial charge in [0.05, 0.1) is 16.7 Å². The van der Waals surface area contributed by atoms with Crippen LogP contribution in [0, 0.1) is 13.8 Å². The number of benzene rings is 2. The van der Waals surface area contributed by atoms with E-state index in [9.17, 15) is 13.2 Å². The van der Waals surface area contributed by atoms with Crippen LogP contribution >= 0.6 is 0 Å². The number of carbonyl (C=O) groups excluding carboxylic acids is 1. The molecule has 0 aliphatic carbocycles. The third kappa shape index (κ3) is 6.58. The minimum atomic E-state index is -3.88. The van der Waals surface area contributed by atoms with Gasteiger partial charge in [-0.05, 0) is 69.5 Å². The number of rotatable bonds is 10. The molecule has 0 radical (unpaired) electrons. The number of amides is 1. The molecule has 29 heavy (non-hydrogen) atoms. The highest BCUT2D eigenvalue weighted by Crippen LogP contribution is 2.25. The number of anilines is 1. The predicted molar refractivity (Wildman–Crippen MR) is 116 cm³/mol. The maximum Gasteiger partial charge on any atom is 0.264 e. The van der Waals surface area contributed by atoms with Gasteiger partial charge in [0.2, 0.25) is 5.91 Å². The third-order valence-electron chi connectivity index (χ3n) is 4.49. The number of ether oxygens (including phenoxy) is 1. The minimum Gasteiger partial charge on any atom is -0.379 e. The van der Waals surface area contributed by atoms with E-state index in [1.165, 1.54) is 12.1 Å². The van der Waals surface area contributed by atoms with Gasteiger partial charge in [-0.3, -0.25) is 9.10 Å². The van der Waals surface area contributed by atoms with E-state index in [0.29, 0.717) is 25.3 Å². The highest BCUT2D eigenvalue weighted by atomic mass is 32.2. The topological polar surface area (TPSA) is 75.7 Å². The van der Waals surface area contributed by atoms with Crippen LogP contribution < -0.4 is 9.62 Å². The van der Waals surface area contributed by atoms with Crippen LogP contribution in [0.3, 0.4) is 0 Å². The SMILES string of the molecule is Cc1ccc(N(CC(=O)NCCCOC(C)C)S(=O)(=O)c2ccccc2)cc1C. The van der Waals surface area contributed by atoms with Crippen LogP contribution in [0.1, 0.15) is 31.4 Å². The van der Waals surface area contributed by atoms with Crippen LogP contribution in [0.25, 0.3) is 0 Å². The molecule has 0 aliphatic heterocycles. The Kier molecular flexibility index (Phi) is 8.22. The Morgan fingerprint density at radius 1 is 1.07 bits per heavy atom. The van der Waals surface area contributed by atoms with E-state index < -0.39 is 10.0 Å². The summed E-state index contributed by atoms with van der Waals surface area (Å²) in [5.41, 5.74) is 2.48. The molecular weight excluding hydrogens is 388 g/mol. The van der Waals surface area contributed by atoms with Crippen molar-refractivity contribution in [3.05, 3.63) is 59.7 Å². The first-order valence-electron chi connectivity index (χ1n) is 9.75. The summed E-state index contributed by atoms with van der Waals surface area (Å²) in [5, 5.41) is 2.78. The van der Waals surface area contributed by atoms with Gasteiger partial charge in [-0.15, -0.1) is 0 Å². The number of sulfonamides is 1. The molecule has 0 saturated heterocycles. The van der Waals surface area contributed by atoms with Gasteiger partial charge in [-0.1, -0.05) is 24.3 Å². The second kappa shape index (κ2) is 10.4. The van der Waals surface area contributed by atoms with Crippen molar-refractivity contribution in [2.24, 2.45) is 0 Å². The zero-order valence-corrected chi connectivity index (χ0v) is 18.3. The van der Waals surface area contributed by atoms with Gasteiger partial charge in [0.25, 0.3) is 10.0 Å². The van der Waals surface area contributed by atoms with Crippen LogP contribution in [-0.2, 0) is 19.6 Å². The molecule has 0 unspecified atom stereocenters. The number of nitrogens with zero attached hydrogens (tertiary/aromatic N) is 1. The summed E-state index contributed by atoms with van der Waals surface area (Å²) in [6.45, 7) is 8.47. The van der Waals surface area contributed by atoms with Crippen molar-refractivity contribution in [2.75, 3.05) is 24.0 Å². The van der Waals surface area contributed by atoms with E-state index in [0.717, 1.165) is 15.4 Å². The van der Waals surface area contributed by atoms with Crippen molar-refractivity contribution in [3.8, 4) is 0 Å². The predicted octanol–water partition coefficient (Wildman–Crippen LogP) is 3.43. The molecule has 0 bridgehead atoms. The average Bonchev–Trinajstić information content (AvgIpc) is 2.68. The Hall–Kier alpha value is -2.38. The Balaban J connectivity index is 2.19. The average molecular weight is 419 g/mol. The first kappa shape index (κ1) is 22.9. The van der Waals surface area contributed by atoms with E-state index in [4.69, 9.17) is 4.74 Å². The molecule has 1 amide bonds. The molecule has 7 heteroatoms. The molecule has 2 aromatic rings. The Labute approximate surface area is 173 Å². The van der Waals surface area contributed by atoms with Crippen LogP contribution in [-0.4, -0.2) is 40.1 Å². The summed E-state index contributed by atoms with van der Waals surface area (Å²) in [6.07, 6.45) is 0.806. The van der Waals surface area contributed by atoms with Gasteiger partial charge in [0.15, 0.2) is 0 Å². The van der Waals surface area contributed by atoms with Crippen molar-refractivity contribution >= 4 is 21.6 Å². The summed E-state index contributed by atoms with van der Waals surface area (Å²) in [6, 6.07) is 13.5. The molecule has 0 aromatic heterocycles. The van der Waals surface area contributed by atoms with Gasteiger partial charge < -0.3 is 10.1 Å². The highest BCUT2D eigenvalue weighted by molar-refractivity contribution is 7.92. The third-order valence-corrected chi connectivity index (χ3v) is 6.28. The molecule has 158 valence electrons. The van der Waals surface area contributed by atoms with Crippen molar-refractivity contribution in [1.82, 2.24) is 5.32 Å². The van der Waals surface area contributed by atoms with Crippen molar-refractivity contribution in [2.45, 2.75) is 45.1 Å². The number of aryl methyl sites for hydroxylation is 2. The summed E-state index contributed by atoms with van der Waals surface area (Å²) in [4.78, 5) is 12.6. The summed E-state index contributed by atoms with van der Waals surface area (Å²) in [7, 11) is -3.88. The standard InChI is InChI=1S/C22H30N2O4S/c1-17(2)28-14-8-13-23-22(25)16-24(20-12-11-18(3)19(4)15-20)29(26,27)21-9-6-5-7-10-21/h5-7,9-12,15,17H,8,13-14,16H2,1-4H3,(H,23,25). The molecule has 2 rings (SSSR count). The van der Waals surface area contributed by atoms with Gasteiger partial charge in [0, 0.05) is 13.2 Å². The first-order valence-corrected chi connectivity index (χ1v) is 11.2. The fourth-order valence-electron chi connectivity index (χ4n) is 2.72. The minimum absolute atomic E-state index is 0.141. The van der Waals surface area contributed by atoms with E-state index in [1.807, 2.05) is 33.8 Å². The molecule has 0 atom stereocenters. The second-order valence-corrected chi connectivity index (χ2v) is 9.08. The molecular formula is C22H30N2O4S. The summed E-state index contributed by atoms with van der Waals surface area (Å²) >= 11 is 0. The van der Waals surface area contributed by atoms with Crippen LogP contribution in [0.15, 0.2) is 53.4 Å². The van der Waals surface area contributed by atoms with Crippen LogP contribution in [0.2, 0.25) is 0 Å². The summed E-state index contributed by atoms with van der Waals surface area (Å²) in [5.74, 6) is -0.354. The fraction of sp³-hybridized carbons (Fsp3) is 0.409. The largest absolute Gasteiger partial charge is 0.379 e. The van der Waals surface area contributed by atoms with E-state index in [1.54, 1.807) is 30.3 Å². The lowest BCUT2D eigenvalue weighted by atomic mass is 10.1. The lowest BCUT2D eigenvalue weighted by Crippen LogP contribution is -2.41. The molecule has 2 aromatic carbocycles. The Morgan fingerprint density at radius 3 is 2.38 bits per heavy atom. The number of carbonyl (C=O) groups is 1. The molecule has 0 saturated carbocycles. The van der Waals surface area contributed by atoms with Gasteiger partial charge in [0.1, 0.15) is 6.54 Å². The molecule has 0 spiro atoms. The van der Waals surface area contributed by atoms with Crippen LogP contribution in [0.5, 0.6) is 0 Å². The fourth-order valence-corrected chi connectivity index (χ4v) is 4.15. The molecule has 0 aliphatic rings. The molecule has 1 N–H and O–H groups in total. The zero-order valence-electron chi connectivity index (χ0n) is 17.5. The zero-order chi connectivity index (χ0) is 21.4. The smallest absolute Gasteiger partial charge is 0.264 e. The first-order chi connectivity index (χ1) is 13.7. The maximum atomic E-state index is 13.2. The normalized spacial score (nSPS) is 11.5. The molecule has 0 fully saturated rings. The Bertz CT molecular complexity index is 912. The maximum absolute atomic E-state index is 13.2.